The predicted molar refractivity (Wildman–Crippen MR) is 123 cm³/mol. The average Bonchev–Trinajstić information content (AvgIpc) is 3.68. The number of aryl methyl sites for hydroxylation is 1. The second-order valence-corrected chi connectivity index (χ2v) is 11.5. The van der Waals surface area contributed by atoms with E-state index in [4.69, 9.17) is 0 Å². The number of benzene rings is 1. The maximum atomic E-state index is 14.0. The highest BCUT2D eigenvalue weighted by Crippen LogP contribution is 2.64. The predicted octanol–water partition coefficient (Wildman–Crippen LogP) is 10.5. The summed E-state index contributed by atoms with van der Waals surface area (Å²) in [7, 11) is 0. The van der Waals surface area contributed by atoms with Crippen LogP contribution in [0.25, 0.3) is 0 Å². The second-order valence-electron chi connectivity index (χ2n) is 10.1. The van der Waals surface area contributed by atoms with Gasteiger partial charge in [0.25, 0.3) is 0 Å². The summed E-state index contributed by atoms with van der Waals surface area (Å²) in [5.41, 5.74) is 0.996. The van der Waals surface area contributed by atoms with Crippen LogP contribution in [0.4, 0.5) is 70.2 Å². The number of rotatable bonds is 18. The Bertz CT molecular complexity index is 1000. The van der Waals surface area contributed by atoms with Crippen molar-refractivity contribution >= 4 is 11.8 Å². The molecule has 1 atom stereocenters. The Morgan fingerprint density at radius 1 is 0.500 bits per heavy atom. The van der Waals surface area contributed by atoms with E-state index in [1.165, 1.54) is 0 Å². The molecule has 0 aliphatic carbocycles. The molecule has 1 heterocycles. The van der Waals surface area contributed by atoms with E-state index < -0.39 is 71.9 Å². The van der Waals surface area contributed by atoms with Gasteiger partial charge in [-0.05, 0) is 24.8 Å². The van der Waals surface area contributed by atoms with Gasteiger partial charge in [0.1, 0.15) is 0 Å². The first-order valence-corrected chi connectivity index (χ1v) is 13.6. The summed E-state index contributed by atoms with van der Waals surface area (Å²) >= 11 is 0.461. The van der Waals surface area contributed by atoms with E-state index in [0.717, 1.165) is 5.56 Å². The van der Waals surface area contributed by atoms with Crippen molar-refractivity contribution in [3.05, 3.63) is 35.9 Å². The summed E-state index contributed by atoms with van der Waals surface area (Å²) in [5.74, 6) is -60.5. The van der Waals surface area contributed by atoms with E-state index in [1.807, 2.05) is 12.1 Å². The molecule has 1 aromatic rings. The Labute approximate surface area is 234 Å². The molecular formula is C25H26F16S. The van der Waals surface area contributed by atoms with Crippen LogP contribution >= 0.6 is 11.8 Å². The molecule has 0 nitrogen and oxygen atoms in total. The van der Waals surface area contributed by atoms with Crippen molar-refractivity contribution in [2.75, 3.05) is 5.75 Å². The summed E-state index contributed by atoms with van der Waals surface area (Å²) in [6, 6.07) is 9.05. The van der Waals surface area contributed by atoms with Crippen molar-refractivity contribution in [1.29, 1.82) is 0 Å². The third-order valence-electron chi connectivity index (χ3n) is 6.83. The van der Waals surface area contributed by atoms with E-state index >= 15 is 0 Å². The first kappa shape index (κ1) is 36.6. The number of hydrogen-bond donors (Lipinski definition) is 0. The van der Waals surface area contributed by atoms with Gasteiger partial charge >= 0.3 is 47.4 Å². The molecule has 1 aliphatic rings. The largest absolute Gasteiger partial charge is 0.384 e. The first-order valence-electron chi connectivity index (χ1n) is 12.6. The van der Waals surface area contributed by atoms with Gasteiger partial charge in [-0.15, -0.1) is 0 Å². The van der Waals surface area contributed by atoms with Crippen LogP contribution in [-0.2, 0) is 6.42 Å². The molecule has 1 unspecified atom stereocenters. The molecule has 0 aromatic heterocycles. The molecule has 1 aliphatic heterocycles. The van der Waals surface area contributed by atoms with Gasteiger partial charge in [-0.2, -0.15) is 82.0 Å². The molecule has 2 rings (SSSR count). The fraction of sp³-hybridized carbons (Fsp3) is 0.760. The van der Waals surface area contributed by atoms with Crippen LogP contribution in [0.5, 0.6) is 0 Å². The van der Waals surface area contributed by atoms with E-state index in [2.05, 4.69) is 0 Å². The van der Waals surface area contributed by atoms with Gasteiger partial charge in [0.15, 0.2) is 0 Å². The molecule has 42 heavy (non-hydrogen) atoms. The molecule has 17 heteroatoms. The number of halogens is 16. The van der Waals surface area contributed by atoms with E-state index in [-0.39, 0.29) is 18.6 Å². The van der Waals surface area contributed by atoms with Crippen LogP contribution in [0.2, 0.25) is 0 Å². The third kappa shape index (κ3) is 6.74. The van der Waals surface area contributed by atoms with Gasteiger partial charge in [0.2, 0.25) is 0 Å². The fourth-order valence-electron chi connectivity index (χ4n) is 4.03. The zero-order valence-electron chi connectivity index (χ0n) is 21.5. The number of hydrogen-bond acceptors (Lipinski definition) is 1. The van der Waals surface area contributed by atoms with Crippen molar-refractivity contribution in [1.82, 2.24) is 0 Å². The minimum absolute atomic E-state index is 0.0932. The van der Waals surface area contributed by atoms with Gasteiger partial charge < -0.3 is 0 Å². The standard InChI is InChI=1S/C25H26F16S/c26-18(27,13-9-4-2-1-3-6-10-16-11-7-5-8-12-16)20(30,31)22(34,35)24(38,39)25(40,41)23(36,37)21(32,33)19(28,29)14-17-15-42-17/h5,7-8,11-12,17H,1-4,6,9-10,13-15H2. The second kappa shape index (κ2) is 12.4. The van der Waals surface area contributed by atoms with E-state index in [0.29, 0.717) is 37.4 Å². The molecule has 0 amide bonds. The molecule has 0 saturated carbocycles. The smallest absolute Gasteiger partial charge is 0.200 e. The molecular weight excluding hydrogens is 636 g/mol. The maximum absolute atomic E-state index is 14.0. The van der Waals surface area contributed by atoms with Gasteiger partial charge in [-0.1, -0.05) is 56.0 Å². The SMILES string of the molecule is FC(F)(CCCCCCCCc1ccccc1)C(F)(F)C(F)(F)C(F)(F)C(F)(F)C(F)(F)C(F)(F)C(F)(F)CC1CS1. The zero-order chi connectivity index (χ0) is 32.5. The monoisotopic (exact) mass is 662 g/mol. The van der Waals surface area contributed by atoms with Crippen molar-refractivity contribution < 1.29 is 70.2 Å². The lowest BCUT2D eigenvalue weighted by Crippen LogP contribution is -2.74. The molecule has 244 valence electrons. The molecule has 1 fully saturated rings. The Morgan fingerprint density at radius 2 is 0.881 bits per heavy atom. The number of unbranched alkanes of at least 4 members (excludes halogenated alkanes) is 5. The van der Waals surface area contributed by atoms with Crippen molar-refractivity contribution in [2.45, 2.75) is 110 Å². The normalized spacial score (nSPS) is 18.0. The van der Waals surface area contributed by atoms with Crippen LogP contribution in [-0.4, -0.2) is 58.4 Å². The van der Waals surface area contributed by atoms with Crippen LogP contribution in [0.15, 0.2) is 30.3 Å². The molecule has 1 aromatic carbocycles. The van der Waals surface area contributed by atoms with Crippen LogP contribution in [0.3, 0.4) is 0 Å². The van der Waals surface area contributed by atoms with Gasteiger partial charge in [-0.3, -0.25) is 0 Å². The highest BCUT2D eigenvalue weighted by molar-refractivity contribution is 8.06. The third-order valence-corrected chi connectivity index (χ3v) is 7.80. The van der Waals surface area contributed by atoms with E-state index in [1.54, 1.807) is 18.2 Å². The first-order chi connectivity index (χ1) is 18.9. The highest BCUT2D eigenvalue weighted by Gasteiger charge is 2.94. The van der Waals surface area contributed by atoms with E-state index in [9.17, 15) is 70.2 Å². The summed E-state index contributed by atoms with van der Waals surface area (Å²) < 4.78 is 223. The quantitative estimate of drug-likeness (QED) is 0.0857. The van der Waals surface area contributed by atoms with Crippen molar-refractivity contribution in [3.63, 3.8) is 0 Å². The average molecular weight is 663 g/mol. The summed E-state index contributed by atoms with van der Waals surface area (Å²) in [6.07, 6.45) is -3.60. The van der Waals surface area contributed by atoms with Crippen molar-refractivity contribution in [3.8, 4) is 0 Å². The molecule has 0 bridgehead atoms. The highest BCUT2D eigenvalue weighted by atomic mass is 32.2. The minimum atomic E-state index is -8.34. The summed E-state index contributed by atoms with van der Waals surface area (Å²) in [5, 5.41) is -1.49. The minimum Gasteiger partial charge on any atom is -0.200 e. The fourth-order valence-corrected chi connectivity index (χ4v) is 4.61. The maximum Gasteiger partial charge on any atom is 0.384 e. The zero-order valence-corrected chi connectivity index (χ0v) is 22.3. The Morgan fingerprint density at radius 3 is 1.33 bits per heavy atom. The van der Waals surface area contributed by atoms with Crippen LogP contribution < -0.4 is 0 Å². The Balaban J connectivity index is 2.08. The topological polar surface area (TPSA) is 0 Å². The summed E-state index contributed by atoms with van der Waals surface area (Å²) in [6.45, 7) is 0. The van der Waals surface area contributed by atoms with Gasteiger partial charge in [0, 0.05) is 23.8 Å². The lowest BCUT2D eigenvalue weighted by atomic mass is 9.86. The van der Waals surface area contributed by atoms with Gasteiger partial charge in [0.05, 0.1) is 0 Å². The van der Waals surface area contributed by atoms with Crippen LogP contribution in [0, 0.1) is 0 Å². The molecule has 0 radical (unpaired) electrons. The molecule has 0 spiro atoms. The van der Waals surface area contributed by atoms with Crippen LogP contribution in [0.1, 0.15) is 56.9 Å². The number of thioether (sulfide) groups is 1. The Hall–Kier alpha value is -1.55. The molecule has 1 saturated heterocycles. The van der Waals surface area contributed by atoms with Crippen molar-refractivity contribution in [2.24, 2.45) is 0 Å². The summed E-state index contributed by atoms with van der Waals surface area (Å²) in [4.78, 5) is 0. The Kier molecular flexibility index (Phi) is 10.9. The number of alkyl halides is 16. The lowest BCUT2D eigenvalue weighted by molar-refractivity contribution is -0.453. The lowest BCUT2D eigenvalue weighted by Gasteiger charge is -2.43. The molecule has 0 N–H and O–H groups in total. The van der Waals surface area contributed by atoms with Gasteiger partial charge in [-0.25, -0.2) is 0 Å².